The lowest BCUT2D eigenvalue weighted by molar-refractivity contribution is -0.138. The van der Waals surface area contributed by atoms with Gasteiger partial charge >= 0.3 is 6.03 Å². The van der Waals surface area contributed by atoms with E-state index in [0.717, 1.165) is 29.7 Å². The third kappa shape index (κ3) is 4.36. The van der Waals surface area contributed by atoms with Crippen LogP contribution in [0.15, 0.2) is 42.6 Å². The van der Waals surface area contributed by atoms with E-state index in [1.54, 1.807) is 23.2 Å². The number of piperidine rings is 1. The van der Waals surface area contributed by atoms with Crippen LogP contribution in [0.1, 0.15) is 36.6 Å². The number of pyridine rings is 1. The van der Waals surface area contributed by atoms with Crippen LogP contribution in [-0.4, -0.2) is 57.8 Å². The van der Waals surface area contributed by atoms with E-state index in [2.05, 4.69) is 15.6 Å². The minimum absolute atomic E-state index is 0.0826. The van der Waals surface area contributed by atoms with Crippen LogP contribution in [0.4, 0.5) is 10.5 Å². The number of urea groups is 1. The van der Waals surface area contributed by atoms with Crippen LogP contribution >= 0.6 is 0 Å². The first-order valence-electron chi connectivity index (χ1n) is 11.1. The summed E-state index contributed by atoms with van der Waals surface area (Å²) in [6.45, 7) is 4.68. The summed E-state index contributed by atoms with van der Waals surface area (Å²) in [7, 11) is 0. The molecule has 0 radical (unpaired) electrons. The first-order chi connectivity index (χ1) is 15.5. The van der Waals surface area contributed by atoms with Gasteiger partial charge in [-0.05, 0) is 56.0 Å². The van der Waals surface area contributed by atoms with Crippen LogP contribution in [0.2, 0.25) is 0 Å². The van der Waals surface area contributed by atoms with E-state index in [9.17, 15) is 14.4 Å². The Bertz CT molecular complexity index is 1010. The molecule has 2 aliphatic rings. The number of aromatic nitrogens is 1. The Kier molecular flexibility index (Phi) is 6.50. The lowest BCUT2D eigenvalue weighted by Gasteiger charge is -2.46. The average molecular weight is 436 g/mol. The summed E-state index contributed by atoms with van der Waals surface area (Å²) in [4.78, 5) is 46.5. The Morgan fingerprint density at radius 1 is 1.22 bits per heavy atom. The first kappa shape index (κ1) is 22.0. The molecule has 2 aromatic rings. The SMILES string of the molecule is CCc1cccc(C)c1NC(=O)CN1C(=O)N(Cc2ccccn2)C(=O)C2NCCCC21. The molecule has 0 aliphatic carbocycles. The number of nitrogens with one attached hydrogen (secondary N) is 2. The summed E-state index contributed by atoms with van der Waals surface area (Å²) in [5, 5.41) is 6.25. The Morgan fingerprint density at radius 3 is 2.81 bits per heavy atom. The molecule has 3 heterocycles. The van der Waals surface area contributed by atoms with E-state index >= 15 is 0 Å². The third-order valence-corrected chi connectivity index (χ3v) is 6.20. The fraction of sp³-hybridized carbons (Fsp3) is 0.417. The van der Waals surface area contributed by atoms with Gasteiger partial charge in [0.25, 0.3) is 0 Å². The average Bonchev–Trinajstić information content (AvgIpc) is 2.81. The van der Waals surface area contributed by atoms with Crippen LogP contribution in [0.3, 0.4) is 0 Å². The van der Waals surface area contributed by atoms with Gasteiger partial charge in [-0.15, -0.1) is 0 Å². The number of carbonyl (C=O) groups excluding carboxylic acids is 3. The molecule has 0 saturated carbocycles. The zero-order valence-corrected chi connectivity index (χ0v) is 18.5. The topological polar surface area (TPSA) is 94.6 Å². The summed E-state index contributed by atoms with van der Waals surface area (Å²) in [5.74, 6) is -0.520. The van der Waals surface area contributed by atoms with Gasteiger partial charge in [0.2, 0.25) is 11.8 Å². The first-order valence-corrected chi connectivity index (χ1v) is 11.1. The summed E-state index contributed by atoms with van der Waals surface area (Å²) in [6.07, 6.45) is 3.96. The Hall–Kier alpha value is -3.26. The number of imide groups is 1. The number of amides is 4. The molecule has 0 spiro atoms. The fourth-order valence-electron chi connectivity index (χ4n) is 4.54. The molecule has 8 heteroatoms. The van der Waals surface area contributed by atoms with Gasteiger partial charge in [-0.25, -0.2) is 4.79 Å². The van der Waals surface area contributed by atoms with Crippen molar-refractivity contribution in [2.24, 2.45) is 0 Å². The molecule has 8 nitrogen and oxygen atoms in total. The molecule has 2 saturated heterocycles. The molecular weight excluding hydrogens is 406 g/mol. The highest BCUT2D eigenvalue weighted by molar-refractivity contribution is 6.03. The highest BCUT2D eigenvalue weighted by Gasteiger charge is 2.47. The van der Waals surface area contributed by atoms with E-state index in [4.69, 9.17) is 0 Å². The molecule has 32 heavy (non-hydrogen) atoms. The quantitative estimate of drug-likeness (QED) is 0.727. The summed E-state index contributed by atoms with van der Waals surface area (Å²) in [6, 6.07) is 10.0. The van der Waals surface area contributed by atoms with Crippen molar-refractivity contribution >= 4 is 23.5 Å². The lowest BCUT2D eigenvalue weighted by atomic mass is 9.93. The number of rotatable bonds is 6. The Morgan fingerprint density at radius 2 is 2.06 bits per heavy atom. The summed E-state index contributed by atoms with van der Waals surface area (Å²) < 4.78 is 0. The molecule has 2 unspecified atom stereocenters. The number of nitrogens with zero attached hydrogens (tertiary/aromatic N) is 3. The Labute approximate surface area is 188 Å². The van der Waals surface area contributed by atoms with E-state index in [1.165, 1.54) is 4.90 Å². The second-order valence-electron chi connectivity index (χ2n) is 8.31. The molecule has 4 rings (SSSR count). The van der Waals surface area contributed by atoms with Crippen LogP contribution in [0, 0.1) is 6.92 Å². The minimum atomic E-state index is -0.511. The standard InChI is InChI=1S/C24H29N5O3/c1-3-17-9-6-8-16(2)21(17)27-20(30)15-28-19-11-7-13-26-22(19)23(31)29(24(28)32)14-18-10-4-5-12-25-18/h4-6,8-10,12,19,22,26H,3,7,11,13-15H2,1-2H3,(H,27,30). The van der Waals surface area contributed by atoms with Gasteiger partial charge in [0, 0.05) is 11.9 Å². The zero-order chi connectivity index (χ0) is 22.7. The number of carbonyl (C=O) groups is 3. The number of fused-ring (bicyclic) bond motifs is 1. The van der Waals surface area contributed by atoms with Crippen molar-refractivity contribution in [1.29, 1.82) is 0 Å². The van der Waals surface area contributed by atoms with Crippen molar-refractivity contribution in [1.82, 2.24) is 20.1 Å². The normalized spacial score (nSPS) is 20.8. The van der Waals surface area contributed by atoms with Crippen molar-refractivity contribution < 1.29 is 14.4 Å². The van der Waals surface area contributed by atoms with E-state index in [-0.39, 0.29) is 30.9 Å². The predicted octanol–water partition coefficient (Wildman–Crippen LogP) is 2.48. The maximum Gasteiger partial charge on any atom is 0.327 e. The maximum atomic E-state index is 13.4. The van der Waals surface area contributed by atoms with E-state index in [1.807, 2.05) is 38.1 Å². The van der Waals surface area contributed by atoms with E-state index in [0.29, 0.717) is 18.7 Å². The van der Waals surface area contributed by atoms with Crippen LogP contribution in [0.25, 0.3) is 0 Å². The van der Waals surface area contributed by atoms with Crippen molar-refractivity contribution in [3.63, 3.8) is 0 Å². The molecule has 2 atom stereocenters. The van der Waals surface area contributed by atoms with Crippen molar-refractivity contribution in [2.75, 3.05) is 18.4 Å². The molecule has 4 amide bonds. The number of hydrogen-bond donors (Lipinski definition) is 2. The highest BCUT2D eigenvalue weighted by Crippen LogP contribution is 2.26. The molecule has 2 N–H and O–H groups in total. The van der Waals surface area contributed by atoms with Crippen LogP contribution < -0.4 is 10.6 Å². The van der Waals surface area contributed by atoms with Crippen LogP contribution in [-0.2, 0) is 22.6 Å². The minimum Gasteiger partial charge on any atom is -0.324 e. The monoisotopic (exact) mass is 435 g/mol. The molecule has 168 valence electrons. The predicted molar refractivity (Wildman–Crippen MR) is 121 cm³/mol. The number of aryl methyl sites for hydroxylation is 2. The second kappa shape index (κ2) is 9.48. The van der Waals surface area contributed by atoms with Gasteiger partial charge in [-0.3, -0.25) is 19.5 Å². The van der Waals surface area contributed by atoms with Gasteiger partial charge in [0.15, 0.2) is 0 Å². The van der Waals surface area contributed by atoms with Gasteiger partial charge < -0.3 is 15.5 Å². The number of hydrogen-bond acceptors (Lipinski definition) is 5. The zero-order valence-electron chi connectivity index (χ0n) is 18.5. The molecular formula is C24H29N5O3. The Balaban J connectivity index is 1.56. The van der Waals surface area contributed by atoms with Crippen LogP contribution in [0.5, 0.6) is 0 Å². The largest absolute Gasteiger partial charge is 0.327 e. The smallest absolute Gasteiger partial charge is 0.324 e. The van der Waals surface area contributed by atoms with Gasteiger partial charge in [0.1, 0.15) is 12.6 Å². The van der Waals surface area contributed by atoms with Gasteiger partial charge in [-0.2, -0.15) is 0 Å². The lowest BCUT2D eigenvalue weighted by Crippen LogP contribution is -2.70. The maximum absolute atomic E-state index is 13.4. The number of benzene rings is 1. The molecule has 2 aliphatic heterocycles. The van der Waals surface area contributed by atoms with Crippen molar-refractivity contribution in [2.45, 2.75) is 51.7 Å². The molecule has 2 fully saturated rings. The summed E-state index contributed by atoms with van der Waals surface area (Å²) in [5.41, 5.74) is 3.45. The van der Waals surface area contributed by atoms with E-state index < -0.39 is 12.1 Å². The number of para-hydroxylation sites is 1. The van der Waals surface area contributed by atoms with Gasteiger partial charge in [-0.1, -0.05) is 31.2 Å². The fourth-order valence-corrected chi connectivity index (χ4v) is 4.54. The van der Waals surface area contributed by atoms with Crippen molar-refractivity contribution in [3.05, 3.63) is 59.4 Å². The highest BCUT2D eigenvalue weighted by atomic mass is 16.2. The number of anilines is 1. The molecule has 0 bridgehead atoms. The molecule has 1 aromatic carbocycles. The second-order valence-corrected chi connectivity index (χ2v) is 8.31. The third-order valence-electron chi connectivity index (χ3n) is 6.20. The van der Waals surface area contributed by atoms with Gasteiger partial charge in [0.05, 0.1) is 18.3 Å². The molecule has 1 aromatic heterocycles. The summed E-state index contributed by atoms with van der Waals surface area (Å²) >= 11 is 0. The van der Waals surface area contributed by atoms with Crippen molar-refractivity contribution in [3.8, 4) is 0 Å².